The molecule has 1 aromatic carbocycles. The van der Waals surface area contributed by atoms with E-state index >= 15 is 0 Å². The van der Waals surface area contributed by atoms with Crippen LogP contribution >= 0.6 is 23.2 Å². The maximum Gasteiger partial charge on any atom is 0.253 e. The van der Waals surface area contributed by atoms with Gasteiger partial charge in [-0.05, 0) is 24.6 Å². The summed E-state index contributed by atoms with van der Waals surface area (Å²) in [5, 5.41) is 6.66. The van der Waals surface area contributed by atoms with Gasteiger partial charge in [-0.2, -0.15) is 0 Å². The second kappa shape index (κ2) is 9.22. The summed E-state index contributed by atoms with van der Waals surface area (Å²) in [5.74, 6) is -0.494. The molecule has 1 unspecified atom stereocenters. The Morgan fingerprint density at radius 3 is 2.83 bits per heavy atom. The smallest absolute Gasteiger partial charge is 0.253 e. The normalized spacial score (nSPS) is 17.4. The molecule has 0 spiro atoms. The predicted octanol–water partition coefficient (Wildman–Crippen LogP) is 2.16. The van der Waals surface area contributed by atoms with E-state index in [2.05, 4.69) is 10.6 Å². The van der Waals surface area contributed by atoms with E-state index in [1.165, 1.54) is 4.90 Å². The van der Waals surface area contributed by atoms with Crippen molar-refractivity contribution < 1.29 is 14.3 Å². The van der Waals surface area contributed by atoms with Crippen molar-refractivity contribution in [2.75, 3.05) is 38.1 Å². The molecule has 2 amide bonds. The molecule has 0 saturated carbocycles. The van der Waals surface area contributed by atoms with Gasteiger partial charge in [0.15, 0.2) is 0 Å². The highest BCUT2D eigenvalue weighted by Crippen LogP contribution is 2.25. The van der Waals surface area contributed by atoms with Gasteiger partial charge in [-0.25, -0.2) is 0 Å². The van der Waals surface area contributed by atoms with Gasteiger partial charge in [0.1, 0.15) is 6.10 Å². The van der Waals surface area contributed by atoms with E-state index in [1.807, 2.05) is 6.92 Å². The van der Waals surface area contributed by atoms with Gasteiger partial charge in [0, 0.05) is 24.7 Å². The fourth-order valence-electron chi connectivity index (χ4n) is 2.42. The monoisotopic (exact) mass is 373 g/mol. The number of amides is 2. The third kappa shape index (κ3) is 5.34. The molecule has 0 aliphatic carbocycles. The van der Waals surface area contributed by atoms with Gasteiger partial charge in [-0.15, -0.1) is 0 Å². The molecule has 2 rings (SSSR count). The van der Waals surface area contributed by atoms with E-state index in [1.54, 1.807) is 18.2 Å². The molecule has 0 bridgehead atoms. The number of rotatable bonds is 6. The lowest BCUT2D eigenvalue weighted by Gasteiger charge is -2.29. The quantitative estimate of drug-likeness (QED) is 0.801. The van der Waals surface area contributed by atoms with Crippen molar-refractivity contribution in [3.8, 4) is 0 Å². The minimum absolute atomic E-state index is 0.0501. The standard InChI is InChI=1S/C16H21Cl2N3O3/c1-2-6-21(16(23)14-9-19-5-7-24-14)10-15(22)20-13-4-3-11(17)8-12(13)18/h3-4,8,14,19H,2,5-7,9-10H2,1H3,(H,20,22). The summed E-state index contributed by atoms with van der Waals surface area (Å²) in [6, 6.07) is 4.82. The zero-order valence-electron chi connectivity index (χ0n) is 13.5. The van der Waals surface area contributed by atoms with E-state index in [-0.39, 0.29) is 18.4 Å². The first-order chi connectivity index (χ1) is 11.5. The molecule has 8 heteroatoms. The number of halogens is 2. The summed E-state index contributed by atoms with van der Waals surface area (Å²) in [6.07, 6.45) is 0.207. The minimum Gasteiger partial charge on any atom is -0.366 e. The molecule has 132 valence electrons. The maximum absolute atomic E-state index is 12.5. The molecule has 0 radical (unpaired) electrons. The number of nitrogens with one attached hydrogen (secondary N) is 2. The Labute approximate surface area is 151 Å². The number of carbonyl (C=O) groups is 2. The molecule has 24 heavy (non-hydrogen) atoms. The molecule has 1 aromatic rings. The van der Waals surface area contributed by atoms with Crippen molar-refractivity contribution in [3.05, 3.63) is 28.2 Å². The number of benzene rings is 1. The summed E-state index contributed by atoms with van der Waals surface area (Å²) in [7, 11) is 0. The van der Waals surface area contributed by atoms with Crippen molar-refractivity contribution in [1.82, 2.24) is 10.2 Å². The van der Waals surface area contributed by atoms with Crippen LogP contribution < -0.4 is 10.6 Å². The predicted molar refractivity (Wildman–Crippen MR) is 94.6 cm³/mol. The van der Waals surface area contributed by atoms with Gasteiger partial charge in [0.25, 0.3) is 5.91 Å². The molecule has 1 fully saturated rings. The number of nitrogens with zero attached hydrogens (tertiary/aromatic N) is 1. The molecule has 6 nitrogen and oxygen atoms in total. The molecular weight excluding hydrogens is 353 g/mol. The molecule has 0 aromatic heterocycles. The highest BCUT2D eigenvalue weighted by Gasteiger charge is 2.27. The topological polar surface area (TPSA) is 70.7 Å². The van der Waals surface area contributed by atoms with Crippen molar-refractivity contribution in [1.29, 1.82) is 0 Å². The Bertz CT molecular complexity index is 592. The third-order valence-corrected chi connectivity index (χ3v) is 4.10. The van der Waals surface area contributed by atoms with Crippen LogP contribution in [-0.4, -0.2) is 55.6 Å². The Morgan fingerprint density at radius 2 is 2.21 bits per heavy atom. The van der Waals surface area contributed by atoms with Crippen LogP contribution in [0.4, 0.5) is 5.69 Å². The molecule has 2 N–H and O–H groups in total. The van der Waals surface area contributed by atoms with Gasteiger partial charge in [0.05, 0.1) is 23.9 Å². The molecular formula is C16H21Cl2N3O3. The van der Waals surface area contributed by atoms with Crippen molar-refractivity contribution in [2.45, 2.75) is 19.4 Å². The summed E-state index contributed by atoms with van der Waals surface area (Å²) in [6.45, 7) is 4.07. The van der Waals surface area contributed by atoms with Crippen molar-refractivity contribution in [2.24, 2.45) is 0 Å². The van der Waals surface area contributed by atoms with Gasteiger partial charge < -0.3 is 20.3 Å². The van der Waals surface area contributed by atoms with Crippen LogP contribution in [0.5, 0.6) is 0 Å². The second-order valence-electron chi connectivity index (χ2n) is 5.50. The summed E-state index contributed by atoms with van der Waals surface area (Å²) < 4.78 is 5.48. The number of carbonyl (C=O) groups excluding carboxylic acids is 2. The number of anilines is 1. The fourth-order valence-corrected chi connectivity index (χ4v) is 2.87. The first kappa shape index (κ1) is 19.0. The minimum atomic E-state index is -0.544. The highest BCUT2D eigenvalue weighted by atomic mass is 35.5. The molecule has 1 atom stereocenters. The number of morpholine rings is 1. The maximum atomic E-state index is 12.5. The van der Waals surface area contributed by atoms with Crippen LogP contribution in [0.2, 0.25) is 10.0 Å². The zero-order valence-corrected chi connectivity index (χ0v) is 15.0. The largest absolute Gasteiger partial charge is 0.366 e. The molecule has 1 heterocycles. The fraction of sp³-hybridized carbons (Fsp3) is 0.500. The molecule has 1 saturated heterocycles. The van der Waals surface area contributed by atoms with E-state index in [0.29, 0.717) is 35.4 Å². The lowest BCUT2D eigenvalue weighted by atomic mass is 10.2. The lowest BCUT2D eigenvalue weighted by molar-refractivity contribution is -0.147. The van der Waals surface area contributed by atoms with Gasteiger partial charge in [0.2, 0.25) is 5.91 Å². The number of ether oxygens (including phenoxy) is 1. The van der Waals surface area contributed by atoms with Crippen LogP contribution in [0.1, 0.15) is 13.3 Å². The van der Waals surface area contributed by atoms with E-state index < -0.39 is 6.10 Å². The van der Waals surface area contributed by atoms with Crippen LogP contribution in [0.25, 0.3) is 0 Å². The van der Waals surface area contributed by atoms with Crippen molar-refractivity contribution in [3.63, 3.8) is 0 Å². The molecule has 1 aliphatic heterocycles. The van der Waals surface area contributed by atoms with Gasteiger partial charge >= 0.3 is 0 Å². The van der Waals surface area contributed by atoms with Crippen LogP contribution in [-0.2, 0) is 14.3 Å². The number of hydrogen-bond acceptors (Lipinski definition) is 4. The lowest BCUT2D eigenvalue weighted by Crippen LogP contribution is -2.51. The summed E-state index contributed by atoms with van der Waals surface area (Å²) >= 11 is 11.9. The van der Waals surface area contributed by atoms with Gasteiger partial charge in [-0.3, -0.25) is 9.59 Å². The Kier molecular flexibility index (Phi) is 7.30. The highest BCUT2D eigenvalue weighted by molar-refractivity contribution is 6.36. The Morgan fingerprint density at radius 1 is 1.42 bits per heavy atom. The Balaban J connectivity index is 1.98. The Hall–Kier alpha value is -1.34. The van der Waals surface area contributed by atoms with Crippen molar-refractivity contribution >= 4 is 40.7 Å². The SMILES string of the molecule is CCCN(CC(=O)Nc1ccc(Cl)cc1Cl)C(=O)C1CNCCO1. The third-order valence-electron chi connectivity index (χ3n) is 3.55. The van der Waals surface area contributed by atoms with E-state index in [9.17, 15) is 9.59 Å². The van der Waals surface area contributed by atoms with Crippen LogP contribution in [0.3, 0.4) is 0 Å². The summed E-state index contributed by atoms with van der Waals surface area (Å²) in [4.78, 5) is 26.3. The number of hydrogen-bond donors (Lipinski definition) is 2. The van der Waals surface area contributed by atoms with E-state index in [0.717, 1.165) is 13.0 Å². The first-order valence-electron chi connectivity index (χ1n) is 7.87. The first-order valence-corrected chi connectivity index (χ1v) is 8.63. The second-order valence-corrected chi connectivity index (χ2v) is 6.34. The van der Waals surface area contributed by atoms with Crippen LogP contribution in [0, 0.1) is 0 Å². The zero-order chi connectivity index (χ0) is 17.5. The molecule has 1 aliphatic rings. The summed E-state index contributed by atoms with van der Waals surface area (Å²) in [5.41, 5.74) is 0.463. The average Bonchev–Trinajstić information content (AvgIpc) is 2.57. The van der Waals surface area contributed by atoms with Gasteiger partial charge in [-0.1, -0.05) is 30.1 Å². The average molecular weight is 374 g/mol. The van der Waals surface area contributed by atoms with Crippen LogP contribution in [0.15, 0.2) is 18.2 Å². The van der Waals surface area contributed by atoms with E-state index in [4.69, 9.17) is 27.9 Å².